The monoisotopic (exact) mass is 616 g/mol. The molecular weight excluding hydrogens is 552 g/mol. The molecule has 0 radical (unpaired) electrons. The van der Waals surface area contributed by atoms with Crippen molar-refractivity contribution in [1.82, 2.24) is 0 Å². The van der Waals surface area contributed by atoms with Crippen LogP contribution in [0.1, 0.15) is 142 Å². The molecule has 0 aliphatic carbocycles. The van der Waals surface area contributed by atoms with Crippen LogP contribution >= 0.6 is 0 Å². The second-order valence-corrected chi connectivity index (χ2v) is 11.4. The van der Waals surface area contributed by atoms with Gasteiger partial charge in [0.15, 0.2) is 6.10 Å². The average molecular weight is 617 g/mol. The largest absolute Gasteiger partial charge is 0.462 e. The number of carbonyl (C=O) groups excluding carboxylic acids is 2. The van der Waals surface area contributed by atoms with Crippen molar-refractivity contribution in [2.75, 3.05) is 13.2 Å². The summed E-state index contributed by atoms with van der Waals surface area (Å²) in [7, 11) is 0. The topological polar surface area (TPSA) is 93.1 Å². The number of allylic oxidation sites excluding steroid dienone is 9. The first-order valence-corrected chi connectivity index (χ1v) is 17.5. The van der Waals surface area contributed by atoms with Gasteiger partial charge in [0.25, 0.3) is 0 Å². The molecule has 0 amide bonds. The van der Waals surface area contributed by atoms with E-state index in [2.05, 4.69) is 49.5 Å². The number of unbranched alkanes of at least 4 members (excludes halogenated alkanes) is 12. The highest BCUT2D eigenvalue weighted by Crippen LogP contribution is 2.13. The Balaban J connectivity index is 3.74. The summed E-state index contributed by atoms with van der Waals surface area (Å²) in [6.07, 6.45) is 39.4. The SMILES string of the molecule is CCCCCCCCCCCCCCC(=O)O[C@@H](CO)COC(=O)CCC/C=C\C/C=C\C/C=C\C/C=C\C=C\[C@@H](O)CC. The Bertz CT molecular complexity index is 810. The van der Waals surface area contributed by atoms with Crippen LogP contribution in [0.2, 0.25) is 0 Å². The van der Waals surface area contributed by atoms with Crippen LogP contribution in [0, 0.1) is 0 Å². The van der Waals surface area contributed by atoms with Gasteiger partial charge in [-0.2, -0.15) is 0 Å². The van der Waals surface area contributed by atoms with Crippen LogP contribution in [0.15, 0.2) is 60.8 Å². The molecule has 0 heterocycles. The van der Waals surface area contributed by atoms with Gasteiger partial charge in [-0.15, -0.1) is 0 Å². The van der Waals surface area contributed by atoms with E-state index in [1.165, 1.54) is 57.8 Å². The third-order valence-electron chi connectivity index (χ3n) is 7.23. The average Bonchev–Trinajstić information content (AvgIpc) is 3.03. The van der Waals surface area contributed by atoms with E-state index in [1.807, 2.05) is 19.1 Å². The van der Waals surface area contributed by atoms with Gasteiger partial charge in [0.1, 0.15) is 6.61 Å². The Hall–Kier alpha value is -2.44. The molecule has 0 aromatic rings. The van der Waals surface area contributed by atoms with Gasteiger partial charge in [-0.05, 0) is 44.9 Å². The first-order valence-electron chi connectivity index (χ1n) is 17.5. The van der Waals surface area contributed by atoms with Gasteiger partial charge in [0, 0.05) is 12.8 Å². The van der Waals surface area contributed by atoms with Crippen LogP contribution in [0.4, 0.5) is 0 Å². The zero-order chi connectivity index (χ0) is 32.4. The van der Waals surface area contributed by atoms with E-state index in [9.17, 15) is 19.8 Å². The maximum atomic E-state index is 12.1. The fourth-order valence-electron chi connectivity index (χ4n) is 4.42. The maximum Gasteiger partial charge on any atom is 0.306 e. The number of carbonyl (C=O) groups is 2. The smallest absolute Gasteiger partial charge is 0.306 e. The van der Waals surface area contributed by atoms with Crippen LogP contribution in [0.3, 0.4) is 0 Å². The van der Waals surface area contributed by atoms with Gasteiger partial charge in [0.2, 0.25) is 0 Å². The summed E-state index contributed by atoms with van der Waals surface area (Å²) in [5, 5.41) is 18.9. The molecule has 2 atom stereocenters. The lowest BCUT2D eigenvalue weighted by Gasteiger charge is -2.15. The van der Waals surface area contributed by atoms with Gasteiger partial charge in [-0.1, -0.05) is 145 Å². The summed E-state index contributed by atoms with van der Waals surface area (Å²) in [6.45, 7) is 3.73. The van der Waals surface area contributed by atoms with Crippen molar-refractivity contribution in [1.29, 1.82) is 0 Å². The number of esters is 2. The molecule has 0 bridgehead atoms. The maximum absolute atomic E-state index is 12.1. The zero-order valence-electron chi connectivity index (χ0n) is 28.0. The van der Waals surface area contributed by atoms with Crippen molar-refractivity contribution >= 4 is 11.9 Å². The fraction of sp³-hybridized carbons (Fsp3) is 0.684. The summed E-state index contributed by atoms with van der Waals surface area (Å²) in [4.78, 5) is 24.1. The molecule has 0 saturated heterocycles. The van der Waals surface area contributed by atoms with Crippen LogP contribution < -0.4 is 0 Å². The summed E-state index contributed by atoms with van der Waals surface area (Å²) in [6, 6.07) is 0. The van der Waals surface area contributed by atoms with E-state index in [0.717, 1.165) is 51.4 Å². The minimum atomic E-state index is -0.801. The Morgan fingerprint density at radius 1 is 0.636 bits per heavy atom. The van der Waals surface area contributed by atoms with Crippen molar-refractivity contribution in [3.05, 3.63) is 60.8 Å². The molecule has 6 nitrogen and oxygen atoms in total. The predicted octanol–water partition coefficient (Wildman–Crippen LogP) is 9.42. The summed E-state index contributed by atoms with van der Waals surface area (Å²) in [5.41, 5.74) is 0. The highest BCUT2D eigenvalue weighted by molar-refractivity contribution is 5.70. The highest BCUT2D eigenvalue weighted by atomic mass is 16.6. The van der Waals surface area contributed by atoms with Gasteiger partial charge in [-0.25, -0.2) is 0 Å². The Labute approximate surface area is 269 Å². The molecular formula is C38H64O6. The van der Waals surface area contributed by atoms with Crippen LogP contribution in [0.5, 0.6) is 0 Å². The Morgan fingerprint density at radius 2 is 1.16 bits per heavy atom. The van der Waals surface area contributed by atoms with Crippen LogP contribution in [-0.4, -0.2) is 47.6 Å². The van der Waals surface area contributed by atoms with Crippen molar-refractivity contribution in [3.63, 3.8) is 0 Å². The van der Waals surface area contributed by atoms with E-state index in [1.54, 1.807) is 6.08 Å². The number of hydrogen-bond donors (Lipinski definition) is 2. The minimum absolute atomic E-state index is 0.106. The van der Waals surface area contributed by atoms with Gasteiger partial charge < -0.3 is 19.7 Å². The molecule has 2 N–H and O–H groups in total. The molecule has 0 saturated carbocycles. The Morgan fingerprint density at radius 3 is 1.73 bits per heavy atom. The molecule has 0 rings (SSSR count). The van der Waals surface area contributed by atoms with Crippen molar-refractivity contribution in [2.45, 2.75) is 154 Å². The van der Waals surface area contributed by atoms with Gasteiger partial charge >= 0.3 is 11.9 Å². The number of aliphatic hydroxyl groups is 2. The van der Waals surface area contributed by atoms with Crippen molar-refractivity contribution < 1.29 is 29.3 Å². The number of ether oxygens (including phenoxy) is 2. The van der Waals surface area contributed by atoms with Gasteiger partial charge in [-0.3, -0.25) is 9.59 Å². The lowest BCUT2D eigenvalue weighted by Crippen LogP contribution is -2.28. The number of aliphatic hydroxyl groups excluding tert-OH is 2. The van der Waals surface area contributed by atoms with Gasteiger partial charge in [0.05, 0.1) is 12.7 Å². The first kappa shape index (κ1) is 41.6. The highest BCUT2D eigenvalue weighted by Gasteiger charge is 2.16. The third kappa shape index (κ3) is 31.0. The standard InChI is InChI=1S/C38H64O6/c1-3-5-6-7-8-9-10-16-20-23-26-29-32-38(42)44-36(33-39)34-43-37(41)31-28-25-22-19-17-14-12-11-13-15-18-21-24-27-30-35(40)4-2/h12-15,19,21-22,24,27,30,35-36,39-40H,3-11,16-18,20,23,25-26,28-29,31-34H2,1-2H3/b14-12-,15-13-,22-19-,24-21-,30-27+/t35-,36-/m0/s1. The molecule has 0 unspecified atom stereocenters. The molecule has 0 spiro atoms. The fourth-order valence-corrected chi connectivity index (χ4v) is 4.42. The summed E-state index contributed by atoms with van der Waals surface area (Å²) >= 11 is 0. The molecule has 6 heteroatoms. The predicted molar refractivity (Wildman–Crippen MR) is 183 cm³/mol. The van der Waals surface area contributed by atoms with E-state index < -0.39 is 6.10 Å². The molecule has 0 aromatic heterocycles. The number of rotatable bonds is 30. The first-order chi connectivity index (χ1) is 21.5. The molecule has 0 aromatic carbocycles. The Kier molecular flexibility index (Phi) is 31.6. The number of hydrogen-bond acceptors (Lipinski definition) is 6. The lowest BCUT2D eigenvalue weighted by molar-refractivity contribution is -0.161. The summed E-state index contributed by atoms with van der Waals surface area (Å²) < 4.78 is 10.5. The molecule has 252 valence electrons. The second-order valence-electron chi connectivity index (χ2n) is 11.4. The minimum Gasteiger partial charge on any atom is -0.462 e. The third-order valence-corrected chi connectivity index (χ3v) is 7.23. The molecule has 44 heavy (non-hydrogen) atoms. The molecule has 0 aliphatic rings. The van der Waals surface area contributed by atoms with E-state index in [-0.39, 0.29) is 31.3 Å². The van der Waals surface area contributed by atoms with Crippen LogP contribution in [-0.2, 0) is 19.1 Å². The van der Waals surface area contributed by atoms with E-state index in [4.69, 9.17) is 9.47 Å². The van der Waals surface area contributed by atoms with Crippen molar-refractivity contribution in [3.8, 4) is 0 Å². The normalized spacial score (nSPS) is 13.6. The van der Waals surface area contributed by atoms with Crippen LogP contribution in [0.25, 0.3) is 0 Å². The quantitative estimate of drug-likeness (QED) is 0.0361. The lowest BCUT2D eigenvalue weighted by atomic mass is 10.0. The van der Waals surface area contributed by atoms with E-state index >= 15 is 0 Å². The summed E-state index contributed by atoms with van der Waals surface area (Å²) in [5.74, 6) is -0.683. The molecule has 0 aliphatic heterocycles. The molecule has 0 fully saturated rings. The zero-order valence-corrected chi connectivity index (χ0v) is 28.0. The second kappa shape index (κ2) is 33.5. The van der Waals surface area contributed by atoms with Crippen molar-refractivity contribution in [2.24, 2.45) is 0 Å². The van der Waals surface area contributed by atoms with E-state index in [0.29, 0.717) is 19.3 Å².